The van der Waals surface area contributed by atoms with Crippen molar-refractivity contribution in [2.45, 2.75) is 13.0 Å². The molecule has 0 aliphatic carbocycles. The van der Waals surface area contributed by atoms with Gasteiger partial charge in [-0.05, 0) is 34.5 Å². The summed E-state index contributed by atoms with van der Waals surface area (Å²) in [4.78, 5) is 23.0. The Balaban J connectivity index is 1.61. The molecule has 23 heavy (non-hydrogen) atoms. The van der Waals surface area contributed by atoms with Crippen LogP contribution in [0.3, 0.4) is 0 Å². The van der Waals surface area contributed by atoms with E-state index >= 15 is 0 Å². The van der Waals surface area contributed by atoms with Gasteiger partial charge in [-0.1, -0.05) is 12.1 Å². The Morgan fingerprint density at radius 3 is 2.70 bits per heavy atom. The minimum Gasteiger partial charge on any atom is -0.497 e. The van der Waals surface area contributed by atoms with Crippen LogP contribution in [0.4, 0.5) is 0 Å². The zero-order chi connectivity index (χ0) is 16.5. The van der Waals surface area contributed by atoms with Crippen LogP contribution in [0.1, 0.15) is 5.56 Å². The smallest absolute Gasteiger partial charge is 0.328 e. The van der Waals surface area contributed by atoms with Gasteiger partial charge >= 0.3 is 5.97 Å². The van der Waals surface area contributed by atoms with Crippen molar-refractivity contribution in [1.82, 2.24) is 25.5 Å². The molecule has 1 aromatic carbocycles. The van der Waals surface area contributed by atoms with Crippen molar-refractivity contribution in [2.75, 3.05) is 20.3 Å². The first-order chi connectivity index (χ1) is 11.2. The van der Waals surface area contributed by atoms with Crippen molar-refractivity contribution in [3.8, 4) is 5.75 Å². The molecule has 0 atom stereocenters. The number of tetrazole rings is 1. The summed E-state index contributed by atoms with van der Waals surface area (Å²) in [5.41, 5.74) is 1.07. The van der Waals surface area contributed by atoms with Crippen LogP contribution >= 0.6 is 0 Å². The maximum Gasteiger partial charge on any atom is 0.328 e. The molecule has 9 nitrogen and oxygen atoms in total. The molecular weight excluding hydrogens is 302 g/mol. The number of carbonyl (C=O) groups is 2. The highest BCUT2D eigenvalue weighted by Crippen LogP contribution is 2.11. The summed E-state index contributed by atoms with van der Waals surface area (Å²) in [6.07, 6.45) is 1.96. The normalized spacial score (nSPS) is 10.1. The molecule has 1 amide bonds. The largest absolute Gasteiger partial charge is 0.497 e. The molecule has 0 aliphatic heterocycles. The standard InChI is InChI=1S/C14H17N5O4/c1-22-12-4-2-11(3-5-12)6-7-15-13(20)9-23-14(21)8-19-10-16-17-18-19/h2-5,10H,6-9H2,1H3,(H,15,20). The minimum atomic E-state index is -0.581. The van der Waals surface area contributed by atoms with E-state index in [4.69, 9.17) is 9.47 Å². The second-order valence-electron chi connectivity index (χ2n) is 4.62. The van der Waals surface area contributed by atoms with E-state index in [0.717, 1.165) is 11.3 Å². The first kappa shape index (κ1) is 16.4. The number of rotatable bonds is 8. The second kappa shape index (κ2) is 8.47. The van der Waals surface area contributed by atoms with Crippen LogP contribution in [0.15, 0.2) is 30.6 Å². The highest BCUT2D eigenvalue weighted by atomic mass is 16.5. The quantitative estimate of drug-likeness (QED) is 0.658. The molecule has 1 aromatic heterocycles. The summed E-state index contributed by atoms with van der Waals surface area (Å²) in [5.74, 6) is -0.154. The van der Waals surface area contributed by atoms with Crippen LogP contribution in [0.2, 0.25) is 0 Å². The molecule has 0 radical (unpaired) electrons. The Hall–Kier alpha value is -2.97. The molecule has 9 heteroatoms. The van der Waals surface area contributed by atoms with Gasteiger partial charge in [0, 0.05) is 6.54 Å². The van der Waals surface area contributed by atoms with Crippen molar-refractivity contribution in [2.24, 2.45) is 0 Å². The van der Waals surface area contributed by atoms with Crippen LogP contribution in [0.25, 0.3) is 0 Å². The Morgan fingerprint density at radius 1 is 1.26 bits per heavy atom. The SMILES string of the molecule is COc1ccc(CCNC(=O)COC(=O)Cn2cnnn2)cc1. The van der Waals surface area contributed by atoms with Gasteiger partial charge in [0.1, 0.15) is 18.6 Å². The molecule has 1 N–H and O–H groups in total. The zero-order valence-electron chi connectivity index (χ0n) is 12.6. The van der Waals surface area contributed by atoms with Gasteiger partial charge in [-0.15, -0.1) is 5.10 Å². The average Bonchev–Trinajstić information content (AvgIpc) is 3.06. The number of hydrogen-bond acceptors (Lipinski definition) is 7. The maximum absolute atomic E-state index is 11.6. The van der Waals surface area contributed by atoms with E-state index < -0.39 is 5.97 Å². The van der Waals surface area contributed by atoms with E-state index in [2.05, 4.69) is 20.8 Å². The van der Waals surface area contributed by atoms with E-state index in [0.29, 0.717) is 13.0 Å². The molecule has 2 rings (SSSR count). The number of amides is 1. The topological polar surface area (TPSA) is 108 Å². The van der Waals surface area contributed by atoms with Crippen molar-refractivity contribution >= 4 is 11.9 Å². The second-order valence-corrected chi connectivity index (χ2v) is 4.62. The molecule has 0 unspecified atom stereocenters. The molecule has 0 fully saturated rings. The fourth-order valence-corrected chi connectivity index (χ4v) is 1.77. The van der Waals surface area contributed by atoms with E-state index in [-0.39, 0.29) is 19.1 Å². The maximum atomic E-state index is 11.6. The van der Waals surface area contributed by atoms with Crippen LogP contribution in [0.5, 0.6) is 5.75 Å². The van der Waals surface area contributed by atoms with Gasteiger partial charge in [-0.2, -0.15) is 0 Å². The number of nitrogens with zero attached hydrogens (tertiary/aromatic N) is 4. The summed E-state index contributed by atoms with van der Waals surface area (Å²) in [6, 6.07) is 7.57. The van der Waals surface area contributed by atoms with E-state index in [1.165, 1.54) is 11.0 Å². The molecule has 1 heterocycles. The number of hydrogen-bond donors (Lipinski definition) is 1. The fourth-order valence-electron chi connectivity index (χ4n) is 1.77. The number of benzene rings is 1. The summed E-state index contributed by atoms with van der Waals surface area (Å²) in [5, 5.41) is 13.0. The third kappa shape index (κ3) is 5.73. The highest BCUT2D eigenvalue weighted by Gasteiger charge is 2.08. The van der Waals surface area contributed by atoms with E-state index in [9.17, 15) is 9.59 Å². The van der Waals surface area contributed by atoms with E-state index in [1.807, 2.05) is 24.3 Å². The van der Waals surface area contributed by atoms with Crippen LogP contribution in [-0.2, 0) is 27.3 Å². The zero-order valence-corrected chi connectivity index (χ0v) is 12.6. The Bertz CT molecular complexity index is 627. The van der Waals surface area contributed by atoms with Gasteiger partial charge in [-0.25, -0.2) is 4.68 Å². The van der Waals surface area contributed by atoms with Crippen LogP contribution < -0.4 is 10.1 Å². The summed E-state index contributed by atoms with van der Waals surface area (Å²) >= 11 is 0. The number of aromatic nitrogens is 4. The third-order valence-electron chi connectivity index (χ3n) is 2.94. The average molecular weight is 319 g/mol. The first-order valence-electron chi connectivity index (χ1n) is 6.93. The molecule has 0 spiro atoms. The number of esters is 1. The van der Waals surface area contributed by atoms with Gasteiger partial charge in [0.2, 0.25) is 0 Å². The Kier molecular flexibility index (Phi) is 6.04. The molecule has 122 valence electrons. The highest BCUT2D eigenvalue weighted by molar-refractivity contribution is 5.80. The molecule has 0 aliphatic rings. The summed E-state index contributed by atoms with van der Waals surface area (Å²) < 4.78 is 11.1. The van der Waals surface area contributed by atoms with Gasteiger partial charge in [0.25, 0.3) is 5.91 Å². The Morgan fingerprint density at radius 2 is 2.04 bits per heavy atom. The van der Waals surface area contributed by atoms with Crippen molar-refractivity contribution in [3.05, 3.63) is 36.2 Å². The fraction of sp³-hybridized carbons (Fsp3) is 0.357. The number of methoxy groups -OCH3 is 1. The van der Waals surface area contributed by atoms with E-state index in [1.54, 1.807) is 7.11 Å². The minimum absolute atomic E-state index is 0.133. The first-order valence-corrected chi connectivity index (χ1v) is 6.93. The van der Waals surface area contributed by atoms with Gasteiger partial charge in [-0.3, -0.25) is 9.59 Å². The molecule has 0 bridgehead atoms. The lowest BCUT2D eigenvalue weighted by atomic mass is 10.1. The lowest BCUT2D eigenvalue weighted by Crippen LogP contribution is -2.31. The van der Waals surface area contributed by atoms with Crippen molar-refractivity contribution < 1.29 is 19.1 Å². The summed E-state index contributed by atoms with van der Waals surface area (Å²) in [7, 11) is 1.61. The van der Waals surface area contributed by atoms with Crippen molar-refractivity contribution in [3.63, 3.8) is 0 Å². The monoisotopic (exact) mass is 319 g/mol. The third-order valence-corrected chi connectivity index (χ3v) is 2.94. The molecular formula is C14H17N5O4. The number of nitrogens with one attached hydrogen (secondary N) is 1. The predicted molar refractivity (Wildman–Crippen MR) is 78.5 cm³/mol. The Labute approximate surface area is 132 Å². The van der Waals surface area contributed by atoms with Crippen LogP contribution in [-0.4, -0.2) is 52.3 Å². The van der Waals surface area contributed by atoms with Crippen LogP contribution in [0, 0.1) is 0 Å². The number of carbonyl (C=O) groups excluding carboxylic acids is 2. The lowest BCUT2D eigenvalue weighted by Gasteiger charge is -2.07. The van der Waals surface area contributed by atoms with Crippen molar-refractivity contribution in [1.29, 1.82) is 0 Å². The van der Waals surface area contributed by atoms with Gasteiger partial charge in [0.15, 0.2) is 6.61 Å². The molecule has 2 aromatic rings. The van der Waals surface area contributed by atoms with Gasteiger partial charge < -0.3 is 14.8 Å². The lowest BCUT2D eigenvalue weighted by molar-refractivity contribution is -0.149. The van der Waals surface area contributed by atoms with Gasteiger partial charge in [0.05, 0.1) is 7.11 Å². The predicted octanol–water partition coefficient (Wildman–Crippen LogP) is -0.416. The molecule has 0 saturated carbocycles. The molecule has 0 saturated heterocycles. The number of ether oxygens (including phenoxy) is 2. The summed E-state index contributed by atoms with van der Waals surface area (Å²) in [6.45, 7) is -0.00852.